The zero-order valence-corrected chi connectivity index (χ0v) is 19.1. The first kappa shape index (κ1) is 20.9. The number of carbonyl (C=O) groups is 1. The fraction of sp³-hybridized carbons (Fsp3) is 0.280. The number of carbonyl (C=O) groups excluding carboxylic acids is 1. The lowest BCUT2D eigenvalue weighted by molar-refractivity contribution is 0.0746. The van der Waals surface area contributed by atoms with Crippen molar-refractivity contribution < 1.29 is 4.79 Å². The van der Waals surface area contributed by atoms with E-state index in [2.05, 4.69) is 20.0 Å². The third-order valence-electron chi connectivity index (χ3n) is 5.95. The van der Waals surface area contributed by atoms with Crippen LogP contribution in [0, 0.1) is 20.8 Å². The Morgan fingerprint density at radius 2 is 1.52 bits per heavy atom. The molecule has 0 spiro atoms. The molecule has 1 saturated heterocycles. The van der Waals surface area contributed by atoms with Gasteiger partial charge in [-0.1, -0.05) is 0 Å². The number of piperazine rings is 1. The minimum Gasteiger partial charge on any atom is -0.353 e. The largest absolute Gasteiger partial charge is 0.353 e. The quantitative estimate of drug-likeness (QED) is 0.486. The van der Waals surface area contributed by atoms with Crippen molar-refractivity contribution in [3.8, 4) is 11.5 Å². The highest BCUT2D eigenvalue weighted by Crippen LogP contribution is 2.20. The Kier molecular flexibility index (Phi) is 5.42. The number of aryl methyl sites for hydroxylation is 3. The first-order valence-corrected chi connectivity index (χ1v) is 11.1. The predicted molar refractivity (Wildman–Crippen MR) is 127 cm³/mol. The second-order valence-corrected chi connectivity index (χ2v) is 8.39. The first-order chi connectivity index (χ1) is 16.0. The second kappa shape index (κ2) is 8.54. The normalized spacial score (nSPS) is 14.0. The molecule has 3 aromatic heterocycles. The summed E-state index contributed by atoms with van der Waals surface area (Å²) in [6, 6.07) is 15.7. The van der Waals surface area contributed by atoms with E-state index in [0.29, 0.717) is 24.5 Å². The van der Waals surface area contributed by atoms with Crippen molar-refractivity contribution in [3.63, 3.8) is 0 Å². The molecule has 8 nitrogen and oxygen atoms in total. The molecule has 0 N–H and O–H groups in total. The fourth-order valence-corrected chi connectivity index (χ4v) is 4.27. The Hall–Kier alpha value is -3.94. The molecule has 168 valence electrons. The lowest BCUT2D eigenvalue weighted by Gasteiger charge is -2.35. The van der Waals surface area contributed by atoms with E-state index in [0.717, 1.165) is 41.8 Å². The number of benzene rings is 1. The van der Waals surface area contributed by atoms with Gasteiger partial charge in [0, 0.05) is 61.6 Å². The molecular formula is C25H27N7O. The van der Waals surface area contributed by atoms with Crippen LogP contribution in [0.5, 0.6) is 0 Å². The molecule has 1 fully saturated rings. The van der Waals surface area contributed by atoms with Crippen LogP contribution in [0.4, 0.5) is 5.82 Å². The van der Waals surface area contributed by atoms with Gasteiger partial charge in [-0.25, -0.2) is 14.6 Å². The van der Waals surface area contributed by atoms with Crippen LogP contribution in [0.25, 0.3) is 11.5 Å². The monoisotopic (exact) mass is 441 g/mol. The maximum Gasteiger partial charge on any atom is 0.253 e. The topological polar surface area (TPSA) is 72.1 Å². The molecule has 0 atom stereocenters. The number of anilines is 1. The van der Waals surface area contributed by atoms with E-state index >= 15 is 0 Å². The van der Waals surface area contributed by atoms with Crippen LogP contribution in [0.15, 0.2) is 60.9 Å². The standard InChI is InChI=1S/C25H27N7O/c1-18-16-19(2)32(28-18)24-17-23(26-20(3)27-24)30-12-14-31(15-13-30)25(33)21-6-8-22(9-7-21)29-10-4-5-11-29/h4-11,16-17H,12-15H2,1-3H3. The maximum atomic E-state index is 13.0. The van der Waals surface area contributed by atoms with Gasteiger partial charge < -0.3 is 14.4 Å². The third kappa shape index (κ3) is 4.24. The van der Waals surface area contributed by atoms with Gasteiger partial charge in [0.1, 0.15) is 11.6 Å². The molecule has 0 radical (unpaired) electrons. The van der Waals surface area contributed by atoms with Crippen molar-refractivity contribution in [2.45, 2.75) is 20.8 Å². The van der Waals surface area contributed by atoms with Crippen LogP contribution >= 0.6 is 0 Å². The Morgan fingerprint density at radius 1 is 0.848 bits per heavy atom. The molecule has 4 heterocycles. The van der Waals surface area contributed by atoms with E-state index in [1.807, 2.05) is 95.8 Å². The molecular weight excluding hydrogens is 414 g/mol. The number of hydrogen-bond acceptors (Lipinski definition) is 5. The van der Waals surface area contributed by atoms with Crippen molar-refractivity contribution >= 4 is 11.7 Å². The van der Waals surface area contributed by atoms with Gasteiger partial charge >= 0.3 is 0 Å². The number of amides is 1. The van der Waals surface area contributed by atoms with Gasteiger partial charge in [-0.3, -0.25) is 4.79 Å². The smallest absolute Gasteiger partial charge is 0.253 e. The van der Waals surface area contributed by atoms with Crippen LogP contribution < -0.4 is 4.90 Å². The van der Waals surface area contributed by atoms with Gasteiger partial charge in [0.05, 0.1) is 5.69 Å². The highest BCUT2D eigenvalue weighted by atomic mass is 16.2. The summed E-state index contributed by atoms with van der Waals surface area (Å²) in [4.78, 5) is 26.4. The molecule has 0 aliphatic carbocycles. The number of nitrogens with zero attached hydrogens (tertiary/aromatic N) is 7. The molecule has 0 unspecified atom stereocenters. The zero-order valence-electron chi connectivity index (χ0n) is 19.1. The van der Waals surface area contributed by atoms with Crippen LogP contribution in [0.1, 0.15) is 27.6 Å². The van der Waals surface area contributed by atoms with Gasteiger partial charge in [0.2, 0.25) is 0 Å². The highest BCUT2D eigenvalue weighted by Gasteiger charge is 2.24. The summed E-state index contributed by atoms with van der Waals surface area (Å²) in [6.45, 7) is 8.64. The SMILES string of the molecule is Cc1cc(C)n(-c2cc(N3CCN(C(=O)c4ccc(-n5cccc5)cc4)CC3)nc(C)n2)n1. The van der Waals surface area contributed by atoms with Gasteiger partial charge in [0.25, 0.3) is 5.91 Å². The molecule has 1 aliphatic heterocycles. The molecule has 1 aliphatic rings. The van der Waals surface area contributed by atoms with Gasteiger partial charge in [-0.15, -0.1) is 0 Å². The van der Waals surface area contributed by atoms with Crippen molar-refractivity contribution in [3.05, 3.63) is 83.7 Å². The van der Waals surface area contributed by atoms with Gasteiger partial charge in [-0.05, 0) is 63.2 Å². The predicted octanol–water partition coefficient (Wildman–Crippen LogP) is 3.34. The van der Waals surface area contributed by atoms with Gasteiger partial charge in [-0.2, -0.15) is 5.10 Å². The van der Waals surface area contributed by atoms with E-state index in [9.17, 15) is 4.79 Å². The van der Waals surface area contributed by atoms with E-state index in [1.54, 1.807) is 0 Å². The number of aromatic nitrogens is 5. The Balaban J connectivity index is 1.27. The van der Waals surface area contributed by atoms with E-state index in [4.69, 9.17) is 0 Å². The summed E-state index contributed by atoms with van der Waals surface area (Å²) < 4.78 is 3.88. The summed E-state index contributed by atoms with van der Waals surface area (Å²) in [7, 11) is 0. The number of hydrogen-bond donors (Lipinski definition) is 0. The second-order valence-electron chi connectivity index (χ2n) is 8.39. The maximum absolute atomic E-state index is 13.0. The van der Waals surface area contributed by atoms with Crippen molar-refractivity contribution in [1.82, 2.24) is 29.2 Å². The van der Waals surface area contributed by atoms with Crippen molar-refractivity contribution in [2.75, 3.05) is 31.1 Å². The minimum absolute atomic E-state index is 0.0657. The molecule has 0 saturated carbocycles. The molecule has 8 heteroatoms. The van der Waals surface area contributed by atoms with Crippen LogP contribution in [0.3, 0.4) is 0 Å². The minimum atomic E-state index is 0.0657. The summed E-state index contributed by atoms with van der Waals surface area (Å²) in [6.07, 6.45) is 3.98. The summed E-state index contributed by atoms with van der Waals surface area (Å²) >= 11 is 0. The van der Waals surface area contributed by atoms with Crippen molar-refractivity contribution in [1.29, 1.82) is 0 Å². The Labute approximate surface area is 193 Å². The average Bonchev–Trinajstić information content (AvgIpc) is 3.48. The molecule has 1 aromatic carbocycles. The lowest BCUT2D eigenvalue weighted by Crippen LogP contribution is -2.49. The molecule has 4 aromatic rings. The third-order valence-corrected chi connectivity index (χ3v) is 5.95. The molecule has 33 heavy (non-hydrogen) atoms. The van der Waals surface area contributed by atoms with E-state index in [-0.39, 0.29) is 5.91 Å². The van der Waals surface area contributed by atoms with E-state index < -0.39 is 0 Å². The summed E-state index contributed by atoms with van der Waals surface area (Å²) in [5.74, 6) is 2.41. The summed E-state index contributed by atoms with van der Waals surface area (Å²) in [5.41, 5.74) is 3.75. The zero-order chi connectivity index (χ0) is 22.9. The van der Waals surface area contributed by atoms with E-state index in [1.165, 1.54) is 0 Å². The van der Waals surface area contributed by atoms with Crippen LogP contribution in [0.2, 0.25) is 0 Å². The Bertz CT molecular complexity index is 1270. The van der Waals surface area contributed by atoms with Crippen LogP contribution in [-0.2, 0) is 0 Å². The molecule has 1 amide bonds. The number of rotatable bonds is 4. The lowest BCUT2D eigenvalue weighted by atomic mass is 10.1. The molecule has 5 rings (SSSR count). The van der Waals surface area contributed by atoms with Crippen LogP contribution in [-0.4, -0.2) is 61.3 Å². The Morgan fingerprint density at radius 3 is 2.15 bits per heavy atom. The molecule has 0 bridgehead atoms. The van der Waals surface area contributed by atoms with Gasteiger partial charge in [0.15, 0.2) is 5.82 Å². The highest BCUT2D eigenvalue weighted by molar-refractivity contribution is 5.94. The summed E-state index contributed by atoms with van der Waals surface area (Å²) in [5, 5.41) is 4.55. The average molecular weight is 442 g/mol. The first-order valence-electron chi connectivity index (χ1n) is 11.1. The fourth-order valence-electron chi connectivity index (χ4n) is 4.27. The van der Waals surface area contributed by atoms with Crippen molar-refractivity contribution in [2.24, 2.45) is 0 Å².